The van der Waals surface area contributed by atoms with Gasteiger partial charge in [0.25, 0.3) is 0 Å². The van der Waals surface area contributed by atoms with Crippen LogP contribution in [0.3, 0.4) is 0 Å². The maximum absolute atomic E-state index is 13.1. The highest BCUT2D eigenvalue weighted by atomic mass is 16.5. The van der Waals surface area contributed by atoms with Gasteiger partial charge in [-0.1, -0.05) is 73.5 Å². The fraction of sp³-hybridized carbons (Fsp3) is 0.765. The molecule has 0 unspecified atom stereocenters. The highest BCUT2D eigenvalue weighted by molar-refractivity contribution is 6.18. The average molecular weight is 559 g/mol. The molecule has 0 aromatic carbocycles. The molecule has 0 aromatic rings. The van der Waals surface area contributed by atoms with Crippen LogP contribution in [0.2, 0.25) is 0 Å². The summed E-state index contributed by atoms with van der Waals surface area (Å²) in [5.74, 6) is -2.36. The van der Waals surface area contributed by atoms with E-state index in [1.165, 1.54) is 14.0 Å². The lowest BCUT2D eigenvalue weighted by Crippen LogP contribution is -2.53. The van der Waals surface area contributed by atoms with Crippen molar-refractivity contribution in [2.24, 2.45) is 38.9 Å². The fourth-order valence-corrected chi connectivity index (χ4v) is 7.67. The van der Waals surface area contributed by atoms with E-state index in [9.17, 15) is 24.3 Å². The van der Waals surface area contributed by atoms with Gasteiger partial charge in [-0.05, 0) is 87.0 Å². The lowest BCUT2D eigenvalue weighted by atomic mass is 9.44. The van der Waals surface area contributed by atoms with E-state index in [4.69, 9.17) is 4.74 Å². The molecule has 1 fully saturated rings. The molecule has 1 N–H and O–H groups in total. The summed E-state index contributed by atoms with van der Waals surface area (Å²) in [6.45, 7) is 20.6. The van der Waals surface area contributed by atoms with Crippen molar-refractivity contribution in [3.63, 3.8) is 0 Å². The Morgan fingerprint density at radius 3 is 2.12 bits per heavy atom. The molecule has 0 bridgehead atoms. The molecule has 0 amide bonds. The summed E-state index contributed by atoms with van der Waals surface area (Å²) in [4.78, 5) is 50.8. The quantitative estimate of drug-likeness (QED) is 0.149. The first-order chi connectivity index (χ1) is 18.2. The van der Waals surface area contributed by atoms with E-state index in [0.29, 0.717) is 6.42 Å². The van der Waals surface area contributed by atoms with Crippen molar-refractivity contribution >= 4 is 23.5 Å². The van der Waals surface area contributed by atoms with Crippen molar-refractivity contribution in [1.29, 1.82) is 0 Å². The topological polar surface area (TPSA) is 97.7 Å². The van der Waals surface area contributed by atoms with Crippen LogP contribution in [0.25, 0.3) is 0 Å². The zero-order chi connectivity index (χ0) is 30.9. The molecule has 0 radical (unpaired) electrons. The lowest BCUT2D eigenvalue weighted by Gasteiger charge is -2.59. The molecule has 0 saturated heterocycles. The molecule has 2 aliphatic rings. The number of ether oxygens (including phenoxy) is 1. The number of carbonyl (C=O) groups excluding carboxylic acids is 3. The van der Waals surface area contributed by atoms with Crippen molar-refractivity contribution in [2.45, 2.75) is 121 Å². The van der Waals surface area contributed by atoms with Crippen LogP contribution in [0.5, 0.6) is 0 Å². The van der Waals surface area contributed by atoms with Crippen LogP contribution < -0.4 is 0 Å². The van der Waals surface area contributed by atoms with Crippen LogP contribution in [0.15, 0.2) is 23.3 Å². The SMILES string of the molecule is CCCC(C)(C)CC[C@@](C)(CCC(C)(C)[C@]1(C)CC[C@H]2[C@H](C)C(=O)C(C(=O)O)=C[C@]2(C)/C1=C/C(C)=O)C(=O)OC. The van der Waals surface area contributed by atoms with Crippen LogP contribution >= 0.6 is 0 Å². The smallest absolute Gasteiger partial charge is 0.339 e. The molecular formula is C34H54O6. The molecular weight excluding hydrogens is 504 g/mol. The van der Waals surface area contributed by atoms with Gasteiger partial charge in [-0.15, -0.1) is 0 Å². The minimum atomic E-state index is -1.22. The second kappa shape index (κ2) is 11.9. The fourth-order valence-electron chi connectivity index (χ4n) is 7.67. The molecule has 226 valence electrons. The number of hydrogen-bond acceptors (Lipinski definition) is 5. The molecule has 0 aromatic heterocycles. The van der Waals surface area contributed by atoms with Crippen molar-refractivity contribution in [2.75, 3.05) is 7.11 Å². The number of aliphatic carboxylic acids is 1. The number of carboxylic acid groups (broad SMARTS) is 1. The third-order valence-corrected chi connectivity index (χ3v) is 11.0. The number of fused-ring (bicyclic) bond motifs is 1. The predicted octanol–water partition coefficient (Wildman–Crippen LogP) is 7.75. The number of carbonyl (C=O) groups is 4. The highest BCUT2D eigenvalue weighted by Crippen LogP contribution is 2.65. The minimum absolute atomic E-state index is 0.0845. The molecule has 2 rings (SSSR count). The highest BCUT2D eigenvalue weighted by Gasteiger charge is 2.58. The monoisotopic (exact) mass is 558 g/mol. The van der Waals surface area contributed by atoms with Gasteiger partial charge in [0.1, 0.15) is 0 Å². The number of ketones is 2. The Hall–Kier alpha value is -2.24. The number of Topliss-reactive ketones (excluding diaryl/α,β-unsaturated/α-hetero) is 1. The number of allylic oxidation sites excluding steroid dienone is 3. The van der Waals surface area contributed by atoms with E-state index in [-0.39, 0.29) is 39.9 Å². The van der Waals surface area contributed by atoms with E-state index in [0.717, 1.165) is 50.5 Å². The average Bonchev–Trinajstić information content (AvgIpc) is 2.85. The third kappa shape index (κ3) is 6.46. The Morgan fingerprint density at radius 1 is 1.05 bits per heavy atom. The number of rotatable bonds is 12. The zero-order valence-electron chi connectivity index (χ0n) is 27.0. The Morgan fingerprint density at radius 2 is 1.62 bits per heavy atom. The zero-order valence-corrected chi connectivity index (χ0v) is 27.0. The van der Waals surface area contributed by atoms with Crippen LogP contribution in [0.1, 0.15) is 121 Å². The van der Waals surface area contributed by atoms with E-state index < -0.39 is 28.1 Å². The summed E-state index contributed by atoms with van der Waals surface area (Å²) in [5, 5.41) is 9.86. The van der Waals surface area contributed by atoms with Crippen molar-refractivity contribution in [3.05, 3.63) is 23.3 Å². The summed E-state index contributed by atoms with van der Waals surface area (Å²) in [6, 6.07) is 0. The van der Waals surface area contributed by atoms with E-state index >= 15 is 0 Å². The predicted molar refractivity (Wildman–Crippen MR) is 159 cm³/mol. The molecule has 1 saturated carbocycles. The first kappa shape index (κ1) is 34.0. The maximum Gasteiger partial charge on any atom is 0.339 e. The lowest BCUT2D eigenvalue weighted by molar-refractivity contribution is -0.153. The van der Waals surface area contributed by atoms with Crippen LogP contribution in [0, 0.1) is 38.9 Å². The van der Waals surface area contributed by atoms with Crippen LogP contribution in [-0.4, -0.2) is 35.7 Å². The van der Waals surface area contributed by atoms with Gasteiger partial charge >= 0.3 is 11.9 Å². The summed E-state index contributed by atoms with van der Waals surface area (Å²) < 4.78 is 5.30. The first-order valence-corrected chi connectivity index (χ1v) is 15.0. The van der Waals surface area contributed by atoms with Gasteiger partial charge in [0.15, 0.2) is 11.6 Å². The van der Waals surface area contributed by atoms with Gasteiger partial charge in [-0.2, -0.15) is 0 Å². The Kier molecular flexibility index (Phi) is 10.1. The standard InChI is InChI=1S/C34H54O6/c1-12-14-30(4,5)16-18-32(8,29(39)40-11)19-17-31(6,7)34(10)15-13-25-23(3)27(36)24(28(37)38)21-33(25,9)26(34)20-22(2)35/h20-21,23,25H,12-19H2,1-11H3,(H,37,38)/b26-20-/t23-,25-,32-,33-,34+/m0/s1. The van der Waals surface area contributed by atoms with Crippen LogP contribution in [-0.2, 0) is 23.9 Å². The molecule has 2 aliphatic carbocycles. The van der Waals surface area contributed by atoms with Crippen molar-refractivity contribution in [3.8, 4) is 0 Å². The van der Waals surface area contributed by atoms with Gasteiger partial charge in [0.2, 0.25) is 0 Å². The van der Waals surface area contributed by atoms with E-state index in [2.05, 4.69) is 41.5 Å². The molecule has 40 heavy (non-hydrogen) atoms. The molecule has 0 heterocycles. The van der Waals surface area contributed by atoms with Gasteiger partial charge in [-0.25, -0.2) is 4.79 Å². The number of carboxylic acids is 1. The van der Waals surface area contributed by atoms with Gasteiger partial charge in [0, 0.05) is 11.3 Å². The van der Waals surface area contributed by atoms with Gasteiger partial charge < -0.3 is 9.84 Å². The Labute approximate surface area is 242 Å². The normalized spacial score (nSPS) is 29.8. The minimum Gasteiger partial charge on any atom is -0.478 e. The van der Waals surface area contributed by atoms with Crippen LogP contribution in [0.4, 0.5) is 0 Å². The summed E-state index contributed by atoms with van der Waals surface area (Å²) in [7, 11) is 1.46. The third-order valence-electron chi connectivity index (χ3n) is 11.0. The van der Waals surface area contributed by atoms with E-state index in [1.54, 1.807) is 12.2 Å². The summed E-state index contributed by atoms with van der Waals surface area (Å²) >= 11 is 0. The number of esters is 1. The summed E-state index contributed by atoms with van der Waals surface area (Å²) in [5.41, 5.74) is -1.32. The molecule has 6 nitrogen and oxygen atoms in total. The number of methoxy groups -OCH3 is 1. The second-order valence-electron chi connectivity index (χ2n) is 14.8. The van der Waals surface area contributed by atoms with Crippen molar-refractivity contribution < 1.29 is 29.0 Å². The Balaban J connectivity index is 2.53. The number of hydrogen-bond donors (Lipinski definition) is 1. The van der Waals surface area contributed by atoms with E-state index in [1.807, 2.05) is 20.8 Å². The second-order valence-corrected chi connectivity index (χ2v) is 14.8. The van der Waals surface area contributed by atoms with Crippen molar-refractivity contribution in [1.82, 2.24) is 0 Å². The first-order valence-electron chi connectivity index (χ1n) is 15.0. The van der Waals surface area contributed by atoms with Gasteiger partial charge in [0.05, 0.1) is 18.1 Å². The molecule has 0 aliphatic heterocycles. The Bertz CT molecular complexity index is 1080. The summed E-state index contributed by atoms with van der Waals surface area (Å²) in [6.07, 6.45) is 10.1. The largest absolute Gasteiger partial charge is 0.478 e. The molecule has 5 atom stereocenters. The molecule has 6 heteroatoms. The molecule has 0 spiro atoms. The van der Waals surface area contributed by atoms with Gasteiger partial charge in [-0.3, -0.25) is 14.4 Å². The maximum atomic E-state index is 13.1.